The van der Waals surface area contributed by atoms with E-state index in [1.54, 1.807) is 36.4 Å². The molecule has 0 aromatic heterocycles. The van der Waals surface area contributed by atoms with Gasteiger partial charge in [-0.05, 0) is 55.7 Å². The van der Waals surface area contributed by atoms with Gasteiger partial charge in [-0.3, -0.25) is 9.59 Å². The van der Waals surface area contributed by atoms with E-state index in [0.29, 0.717) is 41.7 Å². The normalized spacial score (nSPS) is 10.3. The number of amides is 2. The van der Waals surface area contributed by atoms with E-state index in [1.165, 1.54) is 6.92 Å². The van der Waals surface area contributed by atoms with E-state index in [-0.39, 0.29) is 11.8 Å². The highest BCUT2D eigenvalue weighted by atomic mass is 16.5. The van der Waals surface area contributed by atoms with Crippen LogP contribution in [0.5, 0.6) is 11.5 Å². The highest BCUT2D eigenvalue weighted by molar-refractivity contribution is 6.05. The predicted octanol–water partition coefficient (Wildman–Crippen LogP) is 4.78. The first-order valence-electron chi connectivity index (χ1n) is 9.54. The van der Waals surface area contributed by atoms with E-state index >= 15 is 0 Å². The summed E-state index contributed by atoms with van der Waals surface area (Å²) in [6.07, 6.45) is 1.75. The van der Waals surface area contributed by atoms with Crippen molar-refractivity contribution in [1.29, 1.82) is 0 Å². The minimum atomic E-state index is -0.258. The van der Waals surface area contributed by atoms with Gasteiger partial charge in [0.2, 0.25) is 5.91 Å². The van der Waals surface area contributed by atoms with Crippen LogP contribution < -0.4 is 20.1 Å². The molecule has 28 heavy (non-hydrogen) atoms. The topological polar surface area (TPSA) is 76.7 Å². The Hall–Kier alpha value is -3.02. The average Bonchev–Trinajstić information content (AvgIpc) is 2.67. The predicted molar refractivity (Wildman–Crippen MR) is 111 cm³/mol. The van der Waals surface area contributed by atoms with Crippen molar-refractivity contribution < 1.29 is 19.1 Å². The van der Waals surface area contributed by atoms with Crippen LogP contribution in [0.25, 0.3) is 0 Å². The molecule has 6 nitrogen and oxygen atoms in total. The van der Waals surface area contributed by atoms with Crippen LogP contribution in [0.15, 0.2) is 36.4 Å². The van der Waals surface area contributed by atoms with Gasteiger partial charge >= 0.3 is 0 Å². The molecule has 150 valence electrons. The Labute approximate surface area is 166 Å². The van der Waals surface area contributed by atoms with Crippen LogP contribution in [-0.2, 0) is 4.79 Å². The SMILES string of the molecule is CCCOc1ccc(C(=O)Nc2cccc(NC(C)=O)c2C)cc1OCCC. The van der Waals surface area contributed by atoms with Gasteiger partial charge in [-0.25, -0.2) is 0 Å². The summed E-state index contributed by atoms with van der Waals surface area (Å²) in [6.45, 7) is 8.48. The fraction of sp³-hybridized carbons (Fsp3) is 0.364. The number of nitrogens with one attached hydrogen (secondary N) is 2. The molecule has 0 atom stereocenters. The molecule has 2 aromatic carbocycles. The first-order valence-corrected chi connectivity index (χ1v) is 9.54. The van der Waals surface area contributed by atoms with Crippen molar-refractivity contribution in [3.05, 3.63) is 47.5 Å². The number of carbonyl (C=O) groups is 2. The molecule has 0 bridgehead atoms. The Kier molecular flexibility index (Phi) is 7.87. The van der Waals surface area contributed by atoms with Crippen LogP contribution in [0.1, 0.15) is 49.5 Å². The summed E-state index contributed by atoms with van der Waals surface area (Å²) in [7, 11) is 0. The largest absolute Gasteiger partial charge is 0.490 e. The molecule has 0 aliphatic rings. The van der Waals surface area contributed by atoms with Crippen LogP contribution in [0.4, 0.5) is 11.4 Å². The lowest BCUT2D eigenvalue weighted by molar-refractivity contribution is -0.114. The van der Waals surface area contributed by atoms with E-state index < -0.39 is 0 Å². The summed E-state index contributed by atoms with van der Waals surface area (Å²) >= 11 is 0. The lowest BCUT2D eigenvalue weighted by atomic mass is 10.1. The zero-order valence-electron chi connectivity index (χ0n) is 16.9. The molecule has 0 spiro atoms. The molecular weight excluding hydrogens is 356 g/mol. The quantitative estimate of drug-likeness (QED) is 0.652. The van der Waals surface area contributed by atoms with Crippen LogP contribution in [0.2, 0.25) is 0 Å². The van der Waals surface area contributed by atoms with E-state index in [0.717, 1.165) is 18.4 Å². The highest BCUT2D eigenvalue weighted by Crippen LogP contribution is 2.30. The molecule has 0 saturated heterocycles. The average molecular weight is 384 g/mol. The van der Waals surface area contributed by atoms with Crippen LogP contribution >= 0.6 is 0 Å². The van der Waals surface area contributed by atoms with Gasteiger partial charge < -0.3 is 20.1 Å². The third-order valence-corrected chi connectivity index (χ3v) is 4.02. The monoisotopic (exact) mass is 384 g/mol. The molecule has 0 heterocycles. The lowest BCUT2D eigenvalue weighted by Gasteiger charge is -2.15. The van der Waals surface area contributed by atoms with Crippen LogP contribution in [0.3, 0.4) is 0 Å². The maximum Gasteiger partial charge on any atom is 0.255 e. The number of benzene rings is 2. The first kappa shape index (κ1) is 21.3. The third-order valence-electron chi connectivity index (χ3n) is 4.02. The van der Waals surface area contributed by atoms with Crippen molar-refractivity contribution in [2.75, 3.05) is 23.8 Å². The maximum absolute atomic E-state index is 12.8. The number of anilines is 2. The van der Waals surface area contributed by atoms with Gasteiger partial charge in [0, 0.05) is 23.9 Å². The van der Waals surface area contributed by atoms with Gasteiger partial charge in [0.15, 0.2) is 11.5 Å². The molecule has 2 aromatic rings. The van der Waals surface area contributed by atoms with Gasteiger partial charge in [-0.2, -0.15) is 0 Å². The molecule has 0 aliphatic heterocycles. The second kappa shape index (κ2) is 10.3. The molecule has 2 amide bonds. The van der Waals surface area contributed by atoms with E-state index in [1.807, 2.05) is 20.8 Å². The van der Waals surface area contributed by atoms with Crippen molar-refractivity contribution in [2.24, 2.45) is 0 Å². The van der Waals surface area contributed by atoms with Crippen LogP contribution in [-0.4, -0.2) is 25.0 Å². The number of ether oxygens (including phenoxy) is 2. The standard InChI is InChI=1S/C22H28N2O4/c1-5-12-27-20-11-10-17(14-21(20)28-13-6-2)22(26)24-19-9-7-8-18(15(19)3)23-16(4)25/h7-11,14H,5-6,12-13H2,1-4H3,(H,23,25)(H,24,26). The smallest absolute Gasteiger partial charge is 0.255 e. The minimum absolute atomic E-state index is 0.160. The summed E-state index contributed by atoms with van der Waals surface area (Å²) in [6, 6.07) is 10.5. The summed E-state index contributed by atoms with van der Waals surface area (Å²) in [5.74, 6) is 0.778. The molecular formula is C22H28N2O4. The van der Waals surface area contributed by atoms with E-state index in [9.17, 15) is 9.59 Å². The molecule has 0 fully saturated rings. The maximum atomic E-state index is 12.8. The fourth-order valence-corrected chi connectivity index (χ4v) is 2.60. The summed E-state index contributed by atoms with van der Waals surface area (Å²) in [4.78, 5) is 24.1. The van der Waals surface area contributed by atoms with Gasteiger partial charge in [0.05, 0.1) is 13.2 Å². The van der Waals surface area contributed by atoms with E-state index in [4.69, 9.17) is 9.47 Å². The second-order valence-electron chi connectivity index (χ2n) is 6.47. The molecule has 0 radical (unpaired) electrons. The van der Waals surface area contributed by atoms with Gasteiger partial charge in [-0.1, -0.05) is 19.9 Å². The summed E-state index contributed by atoms with van der Waals surface area (Å²) in [5.41, 5.74) is 2.56. The Balaban J connectivity index is 2.23. The minimum Gasteiger partial charge on any atom is -0.490 e. The van der Waals surface area contributed by atoms with Gasteiger partial charge in [0.25, 0.3) is 5.91 Å². The number of hydrogen-bond acceptors (Lipinski definition) is 4. The zero-order chi connectivity index (χ0) is 20.5. The Bertz CT molecular complexity index is 833. The molecule has 0 unspecified atom stereocenters. The second-order valence-corrected chi connectivity index (χ2v) is 6.47. The number of carbonyl (C=O) groups excluding carboxylic acids is 2. The molecule has 0 saturated carbocycles. The zero-order valence-corrected chi connectivity index (χ0v) is 16.9. The van der Waals surface area contributed by atoms with Crippen molar-refractivity contribution in [2.45, 2.75) is 40.5 Å². The fourth-order valence-electron chi connectivity index (χ4n) is 2.60. The number of rotatable bonds is 9. The van der Waals surface area contributed by atoms with E-state index in [2.05, 4.69) is 10.6 Å². The summed E-state index contributed by atoms with van der Waals surface area (Å²) in [5, 5.41) is 5.66. The lowest BCUT2D eigenvalue weighted by Crippen LogP contribution is -2.14. The van der Waals surface area contributed by atoms with Crippen molar-refractivity contribution in [1.82, 2.24) is 0 Å². The van der Waals surface area contributed by atoms with Crippen molar-refractivity contribution in [3.8, 4) is 11.5 Å². The Morgan fingerprint density at radius 1 is 0.893 bits per heavy atom. The first-order chi connectivity index (χ1) is 13.5. The van der Waals surface area contributed by atoms with Crippen LogP contribution in [0, 0.1) is 6.92 Å². The molecule has 2 rings (SSSR count). The van der Waals surface area contributed by atoms with Crippen molar-refractivity contribution >= 4 is 23.2 Å². The van der Waals surface area contributed by atoms with Crippen molar-refractivity contribution in [3.63, 3.8) is 0 Å². The molecule has 0 aliphatic carbocycles. The Morgan fingerprint density at radius 2 is 1.50 bits per heavy atom. The summed E-state index contributed by atoms with van der Waals surface area (Å²) < 4.78 is 11.5. The van der Waals surface area contributed by atoms with Gasteiger partial charge in [0.1, 0.15) is 0 Å². The number of hydrogen-bond donors (Lipinski definition) is 2. The third kappa shape index (κ3) is 5.74. The van der Waals surface area contributed by atoms with Gasteiger partial charge in [-0.15, -0.1) is 0 Å². The molecule has 2 N–H and O–H groups in total. The molecule has 6 heteroatoms. The Morgan fingerprint density at radius 3 is 2.11 bits per heavy atom. The highest BCUT2D eigenvalue weighted by Gasteiger charge is 2.14.